The van der Waals surface area contributed by atoms with E-state index in [9.17, 15) is 14.7 Å². The zero-order chi connectivity index (χ0) is 18.7. The summed E-state index contributed by atoms with van der Waals surface area (Å²) < 4.78 is 5.66. The van der Waals surface area contributed by atoms with Crippen LogP contribution in [0, 0.1) is 0 Å². The molecule has 0 saturated carbocycles. The fourth-order valence-corrected chi connectivity index (χ4v) is 3.29. The SMILES string of the molecule is C=CCOc1ccccc1CN1C(=O)[C@](O)(CC(C)=O)c2ccccc21. The highest BCUT2D eigenvalue weighted by Gasteiger charge is 2.50. The molecule has 0 saturated heterocycles. The van der Waals surface area contributed by atoms with E-state index in [0.29, 0.717) is 23.6 Å². The van der Waals surface area contributed by atoms with Crippen LogP contribution in [-0.2, 0) is 21.7 Å². The minimum Gasteiger partial charge on any atom is -0.489 e. The lowest BCUT2D eigenvalue weighted by Crippen LogP contribution is -2.41. The zero-order valence-corrected chi connectivity index (χ0v) is 14.6. The van der Waals surface area contributed by atoms with Crippen LogP contribution < -0.4 is 9.64 Å². The van der Waals surface area contributed by atoms with Gasteiger partial charge >= 0.3 is 0 Å². The van der Waals surface area contributed by atoms with Crippen molar-refractivity contribution in [3.8, 4) is 5.75 Å². The molecule has 1 atom stereocenters. The van der Waals surface area contributed by atoms with E-state index < -0.39 is 11.5 Å². The Balaban J connectivity index is 1.98. The van der Waals surface area contributed by atoms with E-state index in [-0.39, 0.29) is 18.7 Å². The monoisotopic (exact) mass is 351 g/mol. The first-order valence-corrected chi connectivity index (χ1v) is 8.42. The van der Waals surface area contributed by atoms with Gasteiger partial charge < -0.3 is 14.7 Å². The number of amides is 1. The van der Waals surface area contributed by atoms with Crippen molar-refractivity contribution in [3.05, 3.63) is 72.3 Å². The van der Waals surface area contributed by atoms with Crippen LogP contribution in [0.5, 0.6) is 5.75 Å². The Morgan fingerprint density at radius 2 is 1.92 bits per heavy atom. The molecule has 5 nitrogen and oxygen atoms in total. The van der Waals surface area contributed by atoms with Crippen molar-refractivity contribution >= 4 is 17.4 Å². The number of hydrogen-bond acceptors (Lipinski definition) is 4. The fourth-order valence-electron chi connectivity index (χ4n) is 3.29. The molecule has 0 fully saturated rings. The number of rotatable bonds is 7. The van der Waals surface area contributed by atoms with E-state index >= 15 is 0 Å². The summed E-state index contributed by atoms with van der Waals surface area (Å²) in [5.41, 5.74) is 0.0633. The lowest BCUT2D eigenvalue weighted by Gasteiger charge is -2.23. The van der Waals surface area contributed by atoms with Gasteiger partial charge in [-0.1, -0.05) is 49.1 Å². The first kappa shape index (κ1) is 17.9. The van der Waals surface area contributed by atoms with Gasteiger partial charge in [0.2, 0.25) is 0 Å². The number of carbonyl (C=O) groups is 2. The Morgan fingerprint density at radius 3 is 2.65 bits per heavy atom. The lowest BCUT2D eigenvalue weighted by molar-refractivity contribution is -0.141. The molecule has 1 N–H and O–H groups in total. The van der Waals surface area contributed by atoms with Gasteiger partial charge in [0.15, 0.2) is 5.60 Å². The zero-order valence-electron chi connectivity index (χ0n) is 14.6. The second-order valence-corrected chi connectivity index (χ2v) is 6.35. The van der Waals surface area contributed by atoms with Crippen molar-refractivity contribution in [1.82, 2.24) is 0 Å². The molecule has 0 radical (unpaired) electrons. The molecule has 1 heterocycles. The molecule has 3 rings (SSSR count). The minimum atomic E-state index is -1.82. The predicted molar refractivity (Wildman–Crippen MR) is 99.0 cm³/mol. The number of para-hydroxylation sites is 2. The molecule has 0 unspecified atom stereocenters. The Morgan fingerprint density at radius 1 is 1.23 bits per heavy atom. The molecule has 5 heteroatoms. The summed E-state index contributed by atoms with van der Waals surface area (Å²) in [6.45, 7) is 5.61. The quantitative estimate of drug-likeness (QED) is 0.779. The topological polar surface area (TPSA) is 66.8 Å². The van der Waals surface area contributed by atoms with Crippen LogP contribution >= 0.6 is 0 Å². The molecular formula is C21H21NO4. The number of Topliss-reactive ketones (excluding diaryl/α,β-unsaturated/α-hetero) is 1. The third kappa shape index (κ3) is 3.13. The Labute approximate surface area is 152 Å². The second kappa shape index (κ2) is 7.14. The summed E-state index contributed by atoms with van der Waals surface area (Å²) in [5.74, 6) is -0.0840. The van der Waals surface area contributed by atoms with Crippen molar-refractivity contribution in [2.45, 2.75) is 25.5 Å². The summed E-state index contributed by atoms with van der Waals surface area (Å²) in [6.07, 6.45) is 1.41. The van der Waals surface area contributed by atoms with Crippen LogP contribution in [0.3, 0.4) is 0 Å². The summed E-state index contributed by atoms with van der Waals surface area (Å²) in [5, 5.41) is 11.0. The second-order valence-electron chi connectivity index (χ2n) is 6.35. The van der Waals surface area contributed by atoms with Gasteiger partial charge in [0.25, 0.3) is 5.91 Å². The number of fused-ring (bicyclic) bond motifs is 1. The van der Waals surface area contributed by atoms with Crippen molar-refractivity contribution in [1.29, 1.82) is 0 Å². The molecule has 0 aromatic heterocycles. The van der Waals surface area contributed by atoms with Crippen molar-refractivity contribution in [2.75, 3.05) is 11.5 Å². The number of carbonyl (C=O) groups excluding carboxylic acids is 2. The maximum Gasteiger partial charge on any atom is 0.264 e. The predicted octanol–water partition coefficient (Wildman–Crippen LogP) is 2.96. The molecule has 1 amide bonds. The summed E-state index contributed by atoms with van der Waals surface area (Å²) in [4.78, 5) is 26.2. The van der Waals surface area contributed by atoms with Crippen molar-refractivity contribution in [2.24, 2.45) is 0 Å². The van der Waals surface area contributed by atoms with Gasteiger partial charge in [-0.3, -0.25) is 9.59 Å². The van der Waals surface area contributed by atoms with Gasteiger partial charge in [-0.2, -0.15) is 0 Å². The largest absolute Gasteiger partial charge is 0.489 e. The molecule has 0 bridgehead atoms. The highest BCUT2D eigenvalue weighted by atomic mass is 16.5. The molecule has 2 aromatic rings. The van der Waals surface area contributed by atoms with Gasteiger partial charge in [0.1, 0.15) is 18.1 Å². The number of aliphatic hydroxyl groups is 1. The van der Waals surface area contributed by atoms with Crippen LogP contribution in [0.15, 0.2) is 61.2 Å². The van der Waals surface area contributed by atoms with Gasteiger partial charge in [-0.05, 0) is 19.1 Å². The molecule has 26 heavy (non-hydrogen) atoms. The van der Waals surface area contributed by atoms with E-state index in [1.54, 1.807) is 30.3 Å². The van der Waals surface area contributed by atoms with Crippen molar-refractivity contribution in [3.63, 3.8) is 0 Å². The van der Waals surface area contributed by atoms with E-state index in [2.05, 4.69) is 6.58 Å². The van der Waals surface area contributed by atoms with Gasteiger partial charge in [0.05, 0.1) is 12.2 Å². The van der Waals surface area contributed by atoms with Crippen LogP contribution in [-0.4, -0.2) is 23.4 Å². The Bertz CT molecular complexity index is 861. The van der Waals surface area contributed by atoms with E-state index in [1.807, 2.05) is 24.3 Å². The standard InChI is InChI=1S/C21H21NO4/c1-3-12-26-19-11-7-4-8-16(19)14-22-18-10-6-5-9-17(18)21(25,20(22)24)13-15(2)23/h3-11,25H,1,12-14H2,2H3/t21-/m0/s1. The normalized spacial score (nSPS) is 18.5. The molecule has 0 spiro atoms. The molecule has 134 valence electrons. The van der Waals surface area contributed by atoms with Crippen LogP contribution in [0.1, 0.15) is 24.5 Å². The number of benzene rings is 2. The van der Waals surface area contributed by atoms with Crippen LogP contribution in [0.4, 0.5) is 5.69 Å². The smallest absolute Gasteiger partial charge is 0.264 e. The number of nitrogens with zero attached hydrogens (tertiary/aromatic N) is 1. The van der Waals surface area contributed by atoms with Crippen LogP contribution in [0.25, 0.3) is 0 Å². The van der Waals surface area contributed by atoms with Gasteiger partial charge in [0, 0.05) is 17.5 Å². The maximum atomic E-state index is 13.0. The highest BCUT2D eigenvalue weighted by Crippen LogP contribution is 2.43. The first-order valence-electron chi connectivity index (χ1n) is 8.42. The number of ether oxygens (including phenoxy) is 1. The summed E-state index contributed by atoms with van der Waals surface area (Å²) >= 11 is 0. The van der Waals surface area contributed by atoms with E-state index in [0.717, 1.165) is 5.56 Å². The Hall–Kier alpha value is -2.92. The fraction of sp³-hybridized carbons (Fsp3) is 0.238. The summed E-state index contributed by atoms with van der Waals surface area (Å²) in [7, 11) is 0. The van der Waals surface area contributed by atoms with Crippen LogP contribution in [0.2, 0.25) is 0 Å². The molecule has 2 aromatic carbocycles. The maximum absolute atomic E-state index is 13.0. The highest BCUT2D eigenvalue weighted by molar-refractivity contribution is 6.08. The lowest BCUT2D eigenvalue weighted by atomic mass is 9.90. The molecule has 0 aliphatic carbocycles. The number of hydrogen-bond donors (Lipinski definition) is 1. The van der Waals surface area contributed by atoms with E-state index in [4.69, 9.17) is 4.74 Å². The van der Waals surface area contributed by atoms with Gasteiger partial charge in [-0.25, -0.2) is 0 Å². The molecule has 1 aliphatic heterocycles. The molecule has 1 aliphatic rings. The average Bonchev–Trinajstić information content (AvgIpc) is 2.82. The third-order valence-corrected chi connectivity index (χ3v) is 4.40. The average molecular weight is 351 g/mol. The Kier molecular flexibility index (Phi) is 4.91. The summed E-state index contributed by atoms with van der Waals surface area (Å²) in [6, 6.07) is 14.4. The first-order chi connectivity index (χ1) is 12.5. The van der Waals surface area contributed by atoms with E-state index in [1.165, 1.54) is 11.8 Å². The van der Waals surface area contributed by atoms with Crippen molar-refractivity contribution < 1.29 is 19.4 Å². The number of anilines is 1. The minimum absolute atomic E-state index is 0.239. The number of ketones is 1. The van der Waals surface area contributed by atoms with Gasteiger partial charge in [-0.15, -0.1) is 0 Å². The molecular weight excluding hydrogens is 330 g/mol. The third-order valence-electron chi connectivity index (χ3n) is 4.40.